The second-order valence-corrected chi connectivity index (χ2v) is 7.87. The van der Waals surface area contributed by atoms with Crippen molar-refractivity contribution in [3.8, 4) is 0 Å². The predicted molar refractivity (Wildman–Crippen MR) is 88.0 cm³/mol. The highest BCUT2D eigenvalue weighted by Crippen LogP contribution is 2.44. The second kappa shape index (κ2) is 6.48. The zero-order valence-corrected chi connectivity index (χ0v) is 14.6. The molecule has 20 heavy (non-hydrogen) atoms. The van der Waals surface area contributed by atoms with Gasteiger partial charge in [-0.3, -0.25) is 0 Å². The molecule has 0 heterocycles. The molecular formula is C15H29N3OS. The van der Waals surface area contributed by atoms with Gasteiger partial charge in [0.2, 0.25) is 0 Å². The molecule has 1 rings (SSSR count). The molecule has 0 bridgehead atoms. The summed E-state index contributed by atoms with van der Waals surface area (Å²) in [5, 5.41) is 7.77. The average Bonchev–Trinajstić information content (AvgIpc) is 2.29. The highest BCUT2D eigenvalue weighted by Gasteiger charge is 2.46. The van der Waals surface area contributed by atoms with Crippen LogP contribution in [0.2, 0.25) is 0 Å². The summed E-state index contributed by atoms with van der Waals surface area (Å²) in [5.74, 6) is 0.902. The van der Waals surface area contributed by atoms with Crippen molar-refractivity contribution in [2.24, 2.45) is 4.99 Å². The molecule has 0 spiro atoms. The Morgan fingerprint density at radius 1 is 1.35 bits per heavy atom. The molecule has 0 saturated heterocycles. The zero-order chi connectivity index (χ0) is 15.6. The quantitative estimate of drug-likeness (QED) is 0.492. The normalized spacial score (nSPS) is 20.2. The maximum absolute atomic E-state index is 11.4. The molecular weight excluding hydrogens is 270 g/mol. The van der Waals surface area contributed by atoms with Crippen molar-refractivity contribution in [1.29, 1.82) is 5.41 Å². The summed E-state index contributed by atoms with van der Waals surface area (Å²) in [6.45, 7) is 10.9. The molecule has 116 valence electrons. The topological polar surface area (TPSA) is 62.5 Å². The van der Waals surface area contributed by atoms with Crippen LogP contribution in [0.1, 0.15) is 66.7 Å². The molecule has 0 aromatic rings. The molecule has 1 N–H and O–H groups in total. The van der Waals surface area contributed by atoms with E-state index in [4.69, 9.17) is 5.41 Å². The van der Waals surface area contributed by atoms with Crippen molar-refractivity contribution in [3.05, 3.63) is 0 Å². The molecule has 4 nitrogen and oxygen atoms in total. The standard InChI is InChI=1S/C15H29N3OS/c1-7-12(17-13(16)20(6)19)18(14(3,4)5)15(8-2)10-9-11-15/h16H,7-11H2,1-6H3/b16-13?,17-12+. The molecule has 0 radical (unpaired) electrons. The smallest absolute Gasteiger partial charge is 0.336 e. The van der Waals surface area contributed by atoms with Crippen molar-refractivity contribution in [3.63, 3.8) is 0 Å². The molecule has 0 aromatic heterocycles. The first-order valence-electron chi connectivity index (χ1n) is 7.48. The second-order valence-electron chi connectivity index (χ2n) is 6.58. The fraction of sp³-hybridized carbons (Fsp3) is 0.867. The molecule has 1 aliphatic carbocycles. The Hall–Kier alpha value is -0.550. The van der Waals surface area contributed by atoms with Crippen molar-refractivity contribution >= 4 is 22.2 Å². The third-order valence-electron chi connectivity index (χ3n) is 4.16. The van der Waals surface area contributed by atoms with Gasteiger partial charge in [0, 0.05) is 28.7 Å². The predicted octanol–water partition coefficient (Wildman–Crippen LogP) is 3.54. The van der Waals surface area contributed by atoms with Crippen LogP contribution in [0.5, 0.6) is 0 Å². The van der Waals surface area contributed by atoms with Gasteiger partial charge in [0.05, 0.1) is 0 Å². The molecule has 1 fully saturated rings. The van der Waals surface area contributed by atoms with E-state index in [1.807, 2.05) is 0 Å². The number of hydrogen-bond donors (Lipinski definition) is 1. The number of rotatable bonds is 3. The van der Waals surface area contributed by atoms with E-state index in [1.165, 1.54) is 25.5 Å². The summed E-state index contributed by atoms with van der Waals surface area (Å²) >= 11 is -1.32. The Kier molecular flexibility index (Phi) is 5.67. The monoisotopic (exact) mass is 299 g/mol. The minimum Gasteiger partial charge on any atom is -0.609 e. The first-order chi connectivity index (χ1) is 9.18. The van der Waals surface area contributed by atoms with Crippen LogP contribution in [-0.2, 0) is 11.2 Å². The van der Waals surface area contributed by atoms with Crippen LogP contribution in [0.25, 0.3) is 0 Å². The van der Waals surface area contributed by atoms with Crippen molar-refractivity contribution in [1.82, 2.24) is 4.90 Å². The lowest BCUT2D eigenvalue weighted by Crippen LogP contribution is -2.62. The first kappa shape index (κ1) is 17.5. The summed E-state index contributed by atoms with van der Waals surface area (Å²) in [6, 6.07) is 0. The first-order valence-corrected chi connectivity index (χ1v) is 9.03. The van der Waals surface area contributed by atoms with E-state index >= 15 is 0 Å². The molecule has 0 aromatic carbocycles. The number of nitrogens with one attached hydrogen (secondary N) is 1. The molecule has 1 unspecified atom stereocenters. The van der Waals surface area contributed by atoms with E-state index in [-0.39, 0.29) is 16.2 Å². The Balaban J connectivity index is 3.19. The van der Waals surface area contributed by atoms with Gasteiger partial charge in [-0.15, -0.1) is 0 Å². The lowest BCUT2D eigenvalue weighted by atomic mass is 9.71. The van der Waals surface area contributed by atoms with Crippen molar-refractivity contribution < 1.29 is 4.55 Å². The van der Waals surface area contributed by atoms with Gasteiger partial charge < -0.3 is 9.45 Å². The van der Waals surface area contributed by atoms with E-state index in [0.717, 1.165) is 18.7 Å². The number of aliphatic imine (C=N–C) groups is 1. The van der Waals surface area contributed by atoms with Crippen molar-refractivity contribution in [2.45, 2.75) is 77.8 Å². The highest BCUT2D eigenvalue weighted by molar-refractivity contribution is 8.05. The third kappa shape index (κ3) is 3.55. The fourth-order valence-electron chi connectivity index (χ4n) is 3.16. The van der Waals surface area contributed by atoms with Crippen LogP contribution >= 0.6 is 0 Å². The van der Waals surface area contributed by atoms with Gasteiger partial charge in [-0.05, 0) is 46.5 Å². The van der Waals surface area contributed by atoms with Crippen LogP contribution in [0.4, 0.5) is 0 Å². The molecule has 1 saturated carbocycles. The Bertz CT molecular complexity index is 376. The van der Waals surface area contributed by atoms with Crippen LogP contribution in [0, 0.1) is 5.41 Å². The van der Waals surface area contributed by atoms with Gasteiger partial charge in [-0.2, -0.15) is 4.99 Å². The Morgan fingerprint density at radius 3 is 2.15 bits per heavy atom. The number of amidine groups is 2. The summed E-state index contributed by atoms with van der Waals surface area (Å²) in [5.41, 5.74) is 0.128. The van der Waals surface area contributed by atoms with Crippen LogP contribution in [0.3, 0.4) is 0 Å². The largest absolute Gasteiger partial charge is 0.609 e. The molecule has 5 heteroatoms. The summed E-state index contributed by atoms with van der Waals surface area (Å²) in [4.78, 5) is 6.78. The van der Waals surface area contributed by atoms with Crippen LogP contribution < -0.4 is 0 Å². The lowest BCUT2D eigenvalue weighted by Gasteiger charge is -2.57. The fourth-order valence-corrected chi connectivity index (χ4v) is 3.40. The minimum atomic E-state index is -1.32. The SMILES string of the molecule is CC/C(=N\C(=N)[S+](C)[O-])N(C(C)(C)C)C1(CC)CCC1. The number of nitrogens with zero attached hydrogens (tertiary/aromatic N) is 2. The van der Waals surface area contributed by atoms with Gasteiger partial charge >= 0.3 is 5.17 Å². The number of hydrogen-bond acceptors (Lipinski definition) is 2. The molecule has 0 amide bonds. The van der Waals surface area contributed by atoms with Gasteiger partial charge in [0.1, 0.15) is 12.1 Å². The maximum Gasteiger partial charge on any atom is 0.336 e. The van der Waals surface area contributed by atoms with Gasteiger partial charge in [-0.25, -0.2) is 5.41 Å². The minimum absolute atomic E-state index is 0.0262. The molecule has 1 aliphatic rings. The average molecular weight is 299 g/mol. The van der Waals surface area contributed by atoms with Gasteiger partial charge in [0.25, 0.3) is 0 Å². The van der Waals surface area contributed by atoms with Crippen LogP contribution in [-0.4, -0.2) is 37.8 Å². The van der Waals surface area contributed by atoms with E-state index in [1.54, 1.807) is 0 Å². The van der Waals surface area contributed by atoms with E-state index in [9.17, 15) is 4.55 Å². The van der Waals surface area contributed by atoms with E-state index in [2.05, 4.69) is 44.5 Å². The maximum atomic E-state index is 11.4. The van der Waals surface area contributed by atoms with Crippen molar-refractivity contribution in [2.75, 3.05) is 6.26 Å². The third-order valence-corrected chi connectivity index (χ3v) is 4.80. The highest BCUT2D eigenvalue weighted by atomic mass is 32.2. The lowest BCUT2D eigenvalue weighted by molar-refractivity contribution is 0.0100. The summed E-state index contributed by atoms with van der Waals surface area (Å²) in [7, 11) is 0. The van der Waals surface area contributed by atoms with Gasteiger partial charge in [-0.1, -0.05) is 13.8 Å². The Labute approximate surface area is 126 Å². The van der Waals surface area contributed by atoms with E-state index in [0.29, 0.717) is 0 Å². The zero-order valence-electron chi connectivity index (χ0n) is 13.7. The van der Waals surface area contributed by atoms with Crippen LogP contribution in [0.15, 0.2) is 4.99 Å². The molecule has 1 atom stereocenters. The van der Waals surface area contributed by atoms with E-state index < -0.39 is 11.2 Å². The summed E-state index contributed by atoms with van der Waals surface area (Å²) < 4.78 is 11.4. The molecule has 0 aliphatic heterocycles. The summed E-state index contributed by atoms with van der Waals surface area (Å²) in [6.07, 6.45) is 6.99. The van der Waals surface area contributed by atoms with Gasteiger partial charge in [0.15, 0.2) is 0 Å². The Morgan fingerprint density at radius 2 is 1.90 bits per heavy atom.